The van der Waals surface area contributed by atoms with E-state index in [-0.39, 0.29) is 11.9 Å². The fraction of sp³-hybridized carbons (Fsp3) is 0.429. The van der Waals surface area contributed by atoms with E-state index >= 15 is 0 Å². The molecule has 1 aliphatic heterocycles. The average Bonchev–Trinajstić information content (AvgIpc) is 3.09. The number of halogens is 1. The molecule has 1 aromatic carbocycles. The smallest absolute Gasteiger partial charge is 0.158 e. The van der Waals surface area contributed by atoms with Gasteiger partial charge in [-0.2, -0.15) is 9.61 Å². The van der Waals surface area contributed by atoms with E-state index in [2.05, 4.69) is 4.90 Å². The first-order valence-electron chi connectivity index (χ1n) is 9.79. The first-order chi connectivity index (χ1) is 13.2. The summed E-state index contributed by atoms with van der Waals surface area (Å²) in [5, 5.41) is 15.0. The molecule has 27 heavy (non-hydrogen) atoms. The van der Waals surface area contributed by atoms with E-state index in [0.717, 1.165) is 73.5 Å². The minimum atomic E-state index is -0.306. The molecular formula is C21H23FN4O. The summed E-state index contributed by atoms with van der Waals surface area (Å²) in [6.07, 6.45) is 5.80. The number of hydrogen-bond donors (Lipinski definition) is 1. The number of aliphatic hydroxyl groups is 1. The first-order valence-corrected chi connectivity index (χ1v) is 9.79. The van der Waals surface area contributed by atoms with E-state index < -0.39 is 0 Å². The van der Waals surface area contributed by atoms with E-state index in [4.69, 9.17) is 10.1 Å². The van der Waals surface area contributed by atoms with E-state index in [1.54, 1.807) is 6.07 Å². The third-order valence-electron chi connectivity index (χ3n) is 5.67. The number of fused-ring (bicyclic) bond motifs is 2. The predicted octanol–water partition coefficient (Wildman–Crippen LogP) is 3.38. The summed E-state index contributed by atoms with van der Waals surface area (Å²) in [4.78, 5) is 7.14. The minimum absolute atomic E-state index is 0.267. The molecule has 0 saturated carbocycles. The lowest BCUT2D eigenvalue weighted by molar-refractivity contribution is 0.153. The Morgan fingerprint density at radius 1 is 1.11 bits per heavy atom. The molecule has 6 heteroatoms. The highest BCUT2D eigenvalue weighted by Gasteiger charge is 2.27. The zero-order chi connectivity index (χ0) is 18.4. The van der Waals surface area contributed by atoms with Crippen molar-refractivity contribution in [3.05, 3.63) is 47.4 Å². The van der Waals surface area contributed by atoms with Gasteiger partial charge < -0.3 is 10.0 Å². The van der Waals surface area contributed by atoms with Crippen LogP contribution in [0.1, 0.15) is 36.9 Å². The van der Waals surface area contributed by atoms with Crippen molar-refractivity contribution in [1.82, 2.24) is 14.6 Å². The lowest BCUT2D eigenvalue weighted by Crippen LogP contribution is -2.40. The third kappa shape index (κ3) is 2.98. The van der Waals surface area contributed by atoms with Crippen LogP contribution >= 0.6 is 0 Å². The zero-order valence-electron chi connectivity index (χ0n) is 15.2. The second kappa shape index (κ2) is 6.60. The second-order valence-electron chi connectivity index (χ2n) is 7.62. The van der Waals surface area contributed by atoms with E-state index in [9.17, 15) is 9.50 Å². The van der Waals surface area contributed by atoms with Crippen molar-refractivity contribution in [3.8, 4) is 11.3 Å². The van der Waals surface area contributed by atoms with Gasteiger partial charge in [0.15, 0.2) is 5.65 Å². The zero-order valence-corrected chi connectivity index (χ0v) is 15.2. The average molecular weight is 366 g/mol. The number of aromatic nitrogens is 3. The van der Waals surface area contributed by atoms with Crippen LogP contribution in [0.4, 0.5) is 10.2 Å². The number of anilines is 1. The molecule has 1 saturated heterocycles. The Hall–Kier alpha value is -2.47. The highest BCUT2D eigenvalue weighted by molar-refractivity contribution is 5.67. The van der Waals surface area contributed by atoms with Gasteiger partial charge in [-0.1, -0.05) is 12.1 Å². The van der Waals surface area contributed by atoms with Gasteiger partial charge in [0.2, 0.25) is 0 Å². The fourth-order valence-electron chi connectivity index (χ4n) is 4.39. The number of hydrogen-bond acceptors (Lipinski definition) is 4. The standard InChI is InChI=1S/C21H23FN4O/c22-15-6-3-5-14(11-15)19-12-20-23-18-9-2-1-8-17(18)21(26(20)24-19)25-10-4-7-16(27)13-25/h3,5-6,11-12,16,27H,1-2,4,7-10,13H2/t16-/m1/s1. The maximum absolute atomic E-state index is 13.7. The first kappa shape index (κ1) is 16.7. The van der Waals surface area contributed by atoms with Gasteiger partial charge in [-0.25, -0.2) is 9.37 Å². The molecule has 2 aliphatic rings. The Morgan fingerprint density at radius 2 is 2.00 bits per heavy atom. The fourth-order valence-corrected chi connectivity index (χ4v) is 4.39. The molecular weight excluding hydrogens is 343 g/mol. The van der Waals surface area contributed by atoms with Gasteiger partial charge >= 0.3 is 0 Å². The number of benzene rings is 1. The Labute approximate surface area is 157 Å². The molecule has 2 aromatic heterocycles. The summed E-state index contributed by atoms with van der Waals surface area (Å²) in [5.74, 6) is 0.798. The summed E-state index contributed by atoms with van der Waals surface area (Å²) in [5.41, 5.74) is 4.68. The maximum Gasteiger partial charge on any atom is 0.158 e. The van der Waals surface area contributed by atoms with Crippen LogP contribution in [0.25, 0.3) is 16.9 Å². The van der Waals surface area contributed by atoms with Crippen molar-refractivity contribution < 1.29 is 9.50 Å². The lowest BCUT2D eigenvalue weighted by Gasteiger charge is -2.34. The number of aliphatic hydroxyl groups excluding tert-OH is 1. The van der Waals surface area contributed by atoms with Crippen LogP contribution in [0.5, 0.6) is 0 Å². The lowest BCUT2D eigenvalue weighted by atomic mass is 9.95. The van der Waals surface area contributed by atoms with Crippen molar-refractivity contribution in [3.63, 3.8) is 0 Å². The summed E-state index contributed by atoms with van der Waals surface area (Å²) in [7, 11) is 0. The van der Waals surface area contributed by atoms with Gasteiger partial charge in [0.05, 0.1) is 11.8 Å². The Kier molecular flexibility index (Phi) is 4.08. The molecule has 0 unspecified atom stereocenters. The molecule has 0 amide bonds. The molecule has 0 spiro atoms. The van der Waals surface area contributed by atoms with Crippen molar-refractivity contribution in [2.24, 2.45) is 0 Å². The highest BCUT2D eigenvalue weighted by Crippen LogP contribution is 2.33. The largest absolute Gasteiger partial charge is 0.391 e. The molecule has 3 aromatic rings. The highest BCUT2D eigenvalue weighted by atomic mass is 19.1. The minimum Gasteiger partial charge on any atom is -0.391 e. The van der Waals surface area contributed by atoms with Gasteiger partial charge in [-0.15, -0.1) is 0 Å². The van der Waals surface area contributed by atoms with Crippen LogP contribution in [0.2, 0.25) is 0 Å². The van der Waals surface area contributed by atoms with Crippen LogP contribution in [0, 0.1) is 5.82 Å². The number of aryl methyl sites for hydroxylation is 1. The SMILES string of the molecule is O[C@@H]1CCCN(c2c3c(nc4cc(-c5cccc(F)c5)nn24)CCCC3)C1. The molecule has 1 N–H and O–H groups in total. The molecule has 0 bridgehead atoms. The van der Waals surface area contributed by atoms with Gasteiger partial charge in [0.25, 0.3) is 0 Å². The quantitative estimate of drug-likeness (QED) is 0.756. The summed E-state index contributed by atoms with van der Waals surface area (Å²) in [6.45, 7) is 1.54. The predicted molar refractivity (Wildman–Crippen MR) is 102 cm³/mol. The van der Waals surface area contributed by atoms with Crippen molar-refractivity contribution in [2.75, 3.05) is 18.0 Å². The summed E-state index contributed by atoms with van der Waals surface area (Å²) in [6, 6.07) is 8.46. The van der Waals surface area contributed by atoms with Gasteiger partial charge in [-0.05, 0) is 50.7 Å². The normalized spacial score (nSPS) is 20.1. The Bertz CT molecular complexity index is 999. The second-order valence-corrected chi connectivity index (χ2v) is 7.62. The number of nitrogens with zero attached hydrogens (tertiary/aromatic N) is 4. The molecule has 1 fully saturated rings. The Balaban J connectivity index is 1.70. The molecule has 1 atom stereocenters. The molecule has 1 aliphatic carbocycles. The van der Waals surface area contributed by atoms with Crippen molar-refractivity contribution in [2.45, 2.75) is 44.6 Å². The number of rotatable bonds is 2. The van der Waals surface area contributed by atoms with Crippen molar-refractivity contribution >= 4 is 11.5 Å². The third-order valence-corrected chi connectivity index (χ3v) is 5.67. The van der Waals surface area contributed by atoms with Crippen molar-refractivity contribution in [1.29, 1.82) is 0 Å². The van der Waals surface area contributed by atoms with Crippen LogP contribution < -0.4 is 4.90 Å². The van der Waals surface area contributed by atoms with Gasteiger partial charge in [-0.3, -0.25) is 0 Å². The van der Waals surface area contributed by atoms with E-state index in [0.29, 0.717) is 6.54 Å². The summed E-state index contributed by atoms with van der Waals surface area (Å²) < 4.78 is 15.6. The Morgan fingerprint density at radius 3 is 2.85 bits per heavy atom. The molecule has 3 heterocycles. The topological polar surface area (TPSA) is 53.7 Å². The van der Waals surface area contributed by atoms with Crippen LogP contribution in [-0.2, 0) is 12.8 Å². The monoisotopic (exact) mass is 366 g/mol. The molecule has 140 valence electrons. The van der Waals surface area contributed by atoms with Gasteiger partial charge in [0, 0.05) is 36.0 Å². The van der Waals surface area contributed by atoms with E-state index in [1.807, 2.05) is 16.6 Å². The molecule has 5 nitrogen and oxygen atoms in total. The number of β-amino-alcohol motifs (C(OH)–C–C–N with tert-alkyl or cyclic N) is 1. The number of piperidine rings is 1. The summed E-state index contributed by atoms with van der Waals surface area (Å²) >= 11 is 0. The van der Waals surface area contributed by atoms with Gasteiger partial charge in [0.1, 0.15) is 11.6 Å². The van der Waals surface area contributed by atoms with Crippen LogP contribution in [-0.4, -0.2) is 38.9 Å². The van der Waals surface area contributed by atoms with Crippen LogP contribution in [0.15, 0.2) is 30.3 Å². The molecule has 0 radical (unpaired) electrons. The van der Waals surface area contributed by atoms with Crippen LogP contribution in [0.3, 0.4) is 0 Å². The maximum atomic E-state index is 13.7. The van der Waals surface area contributed by atoms with E-state index in [1.165, 1.54) is 17.7 Å². The molecule has 5 rings (SSSR count).